The van der Waals surface area contributed by atoms with Gasteiger partial charge >= 0.3 is 0 Å². The highest BCUT2D eigenvalue weighted by atomic mass is 16.2. The van der Waals surface area contributed by atoms with Gasteiger partial charge in [-0.1, -0.05) is 84.9 Å². The zero-order valence-corrected chi connectivity index (χ0v) is 18.0. The maximum atomic E-state index is 12.9. The lowest BCUT2D eigenvalue weighted by molar-refractivity contribution is -0.116. The van der Waals surface area contributed by atoms with Crippen molar-refractivity contribution in [2.45, 2.75) is 25.8 Å². The number of nitrogens with one attached hydrogen (secondary N) is 2. The Morgan fingerprint density at radius 3 is 2.31 bits per heavy atom. The summed E-state index contributed by atoms with van der Waals surface area (Å²) in [5.41, 5.74) is 3.14. The van der Waals surface area contributed by atoms with Gasteiger partial charge in [-0.3, -0.25) is 9.59 Å². The van der Waals surface area contributed by atoms with E-state index in [0.717, 1.165) is 16.5 Å². The first-order chi connectivity index (χ1) is 15.6. The molecule has 2 amide bonds. The summed E-state index contributed by atoms with van der Waals surface area (Å²) in [6.07, 6.45) is 0.969. The Labute approximate surface area is 188 Å². The monoisotopic (exact) mass is 422 g/mol. The minimum atomic E-state index is -0.216. The Morgan fingerprint density at radius 2 is 1.47 bits per heavy atom. The van der Waals surface area contributed by atoms with E-state index >= 15 is 0 Å². The fourth-order valence-corrected chi connectivity index (χ4v) is 3.86. The quantitative estimate of drug-likeness (QED) is 0.389. The van der Waals surface area contributed by atoms with Crippen molar-refractivity contribution in [2.24, 2.45) is 0 Å². The molecule has 32 heavy (non-hydrogen) atoms. The van der Waals surface area contributed by atoms with Crippen LogP contribution in [0.5, 0.6) is 0 Å². The number of anilines is 1. The lowest BCUT2D eigenvalue weighted by Crippen LogP contribution is -2.28. The molecule has 4 aromatic rings. The zero-order chi connectivity index (χ0) is 22.3. The summed E-state index contributed by atoms with van der Waals surface area (Å²) < 4.78 is 0. The van der Waals surface area contributed by atoms with Gasteiger partial charge in [-0.15, -0.1) is 0 Å². The van der Waals surface area contributed by atoms with Gasteiger partial charge in [0.2, 0.25) is 5.91 Å². The van der Waals surface area contributed by atoms with E-state index in [1.807, 2.05) is 61.5 Å². The van der Waals surface area contributed by atoms with Gasteiger partial charge in [-0.05, 0) is 47.4 Å². The van der Waals surface area contributed by atoms with Crippen molar-refractivity contribution in [3.63, 3.8) is 0 Å². The molecule has 4 aromatic carbocycles. The number of fused-ring (bicyclic) bond motifs is 1. The molecule has 0 aliphatic heterocycles. The summed E-state index contributed by atoms with van der Waals surface area (Å²) in [5, 5.41) is 8.27. The van der Waals surface area contributed by atoms with Crippen molar-refractivity contribution in [3.8, 4) is 0 Å². The third kappa shape index (κ3) is 5.03. The molecule has 4 heteroatoms. The molecule has 4 nitrogen and oxygen atoms in total. The molecule has 4 rings (SSSR count). The molecule has 0 unspecified atom stereocenters. The molecule has 0 saturated carbocycles. The third-order valence-electron chi connectivity index (χ3n) is 5.59. The summed E-state index contributed by atoms with van der Waals surface area (Å²) in [7, 11) is 0. The van der Waals surface area contributed by atoms with Crippen molar-refractivity contribution in [2.75, 3.05) is 5.32 Å². The number of para-hydroxylation sites is 1. The summed E-state index contributed by atoms with van der Waals surface area (Å²) in [5.74, 6) is -0.333. The third-order valence-corrected chi connectivity index (χ3v) is 5.59. The summed E-state index contributed by atoms with van der Waals surface area (Å²) in [6.45, 7) is 1.94. The Bertz CT molecular complexity index is 1230. The Hall–Kier alpha value is -3.92. The standard InChI is InChI=1S/C28H26N2O2/c1-20(21-10-3-2-4-11-21)29-28(32)25-16-7-8-17-26(25)30-27(31)19-18-23-14-9-13-22-12-5-6-15-24(22)23/h2-17,20H,18-19H2,1H3,(H,29,32)(H,30,31)/t20-/m1/s1. The molecular weight excluding hydrogens is 396 g/mol. The van der Waals surface area contributed by atoms with E-state index in [0.29, 0.717) is 24.1 Å². The average molecular weight is 423 g/mol. The Kier molecular flexibility index (Phi) is 6.61. The van der Waals surface area contributed by atoms with Gasteiger partial charge in [0.05, 0.1) is 17.3 Å². The molecule has 0 aliphatic rings. The number of amides is 2. The van der Waals surface area contributed by atoms with Crippen LogP contribution in [0.3, 0.4) is 0 Å². The number of hydrogen-bond acceptors (Lipinski definition) is 2. The summed E-state index contributed by atoms with van der Waals surface area (Å²) in [4.78, 5) is 25.6. The second kappa shape index (κ2) is 9.92. The van der Waals surface area contributed by atoms with Crippen molar-refractivity contribution < 1.29 is 9.59 Å². The van der Waals surface area contributed by atoms with E-state index in [1.54, 1.807) is 18.2 Å². The maximum absolute atomic E-state index is 12.9. The van der Waals surface area contributed by atoms with Crippen molar-refractivity contribution in [1.29, 1.82) is 0 Å². The number of aryl methyl sites for hydroxylation is 1. The van der Waals surface area contributed by atoms with Gasteiger partial charge in [-0.2, -0.15) is 0 Å². The Morgan fingerprint density at radius 1 is 0.781 bits per heavy atom. The van der Waals surface area contributed by atoms with Gasteiger partial charge in [0.15, 0.2) is 0 Å². The maximum Gasteiger partial charge on any atom is 0.253 e. The normalized spacial score (nSPS) is 11.7. The molecule has 0 bridgehead atoms. The lowest BCUT2D eigenvalue weighted by Gasteiger charge is -2.16. The van der Waals surface area contributed by atoms with E-state index in [9.17, 15) is 9.59 Å². The second-order valence-electron chi connectivity index (χ2n) is 7.84. The zero-order valence-electron chi connectivity index (χ0n) is 18.0. The van der Waals surface area contributed by atoms with Crippen LogP contribution in [0.15, 0.2) is 97.1 Å². The van der Waals surface area contributed by atoms with E-state index in [1.165, 1.54) is 5.39 Å². The predicted molar refractivity (Wildman–Crippen MR) is 130 cm³/mol. The van der Waals surface area contributed by atoms with E-state index in [-0.39, 0.29) is 17.9 Å². The minimum Gasteiger partial charge on any atom is -0.345 e. The fraction of sp³-hybridized carbons (Fsp3) is 0.143. The highest BCUT2D eigenvalue weighted by Crippen LogP contribution is 2.21. The van der Waals surface area contributed by atoms with Crippen LogP contribution in [0.4, 0.5) is 5.69 Å². The van der Waals surface area contributed by atoms with Gasteiger partial charge in [0, 0.05) is 6.42 Å². The molecule has 0 heterocycles. The number of rotatable bonds is 7. The van der Waals surface area contributed by atoms with Crippen LogP contribution in [-0.4, -0.2) is 11.8 Å². The molecule has 0 fully saturated rings. The van der Waals surface area contributed by atoms with E-state index < -0.39 is 0 Å². The smallest absolute Gasteiger partial charge is 0.253 e. The van der Waals surface area contributed by atoms with Crippen LogP contribution in [0, 0.1) is 0 Å². The van der Waals surface area contributed by atoms with Gasteiger partial charge in [0.1, 0.15) is 0 Å². The molecule has 0 radical (unpaired) electrons. The molecule has 0 aliphatic carbocycles. The van der Waals surface area contributed by atoms with Crippen molar-refractivity contribution in [1.82, 2.24) is 5.32 Å². The van der Waals surface area contributed by atoms with Crippen LogP contribution in [0.1, 0.15) is 40.9 Å². The van der Waals surface area contributed by atoms with Crippen LogP contribution in [-0.2, 0) is 11.2 Å². The lowest BCUT2D eigenvalue weighted by atomic mass is 10.0. The van der Waals surface area contributed by atoms with Crippen LogP contribution in [0.25, 0.3) is 10.8 Å². The number of benzene rings is 4. The molecular formula is C28H26N2O2. The highest BCUT2D eigenvalue weighted by molar-refractivity contribution is 6.04. The molecule has 0 aromatic heterocycles. The van der Waals surface area contributed by atoms with Crippen LogP contribution in [0.2, 0.25) is 0 Å². The average Bonchev–Trinajstić information content (AvgIpc) is 2.83. The van der Waals surface area contributed by atoms with Crippen LogP contribution >= 0.6 is 0 Å². The molecule has 2 N–H and O–H groups in total. The first-order valence-electron chi connectivity index (χ1n) is 10.8. The van der Waals surface area contributed by atoms with E-state index in [4.69, 9.17) is 0 Å². The number of carbonyl (C=O) groups is 2. The second-order valence-corrected chi connectivity index (χ2v) is 7.84. The van der Waals surface area contributed by atoms with Crippen molar-refractivity contribution in [3.05, 3.63) is 114 Å². The highest BCUT2D eigenvalue weighted by Gasteiger charge is 2.16. The van der Waals surface area contributed by atoms with Crippen molar-refractivity contribution >= 4 is 28.3 Å². The molecule has 160 valence electrons. The Balaban J connectivity index is 1.42. The molecule has 0 spiro atoms. The largest absolute Gasteiger partial charge is 0.345 e. The SMILES string of the molecule is C[C@@H](NC(=O)c1ccccc1NC(=O)CCc1cccc2ccccc12)c1ccccc1. The molecule has 1 atom stereocenters. The first kappa shape index (κ1) is 21.3. The fourth-order valence-electron chi connectivity index (χ4n) is 3.86. The van der Waals surface area contributed by atoms with Crippen LogP contribution < -0.4 is 10.6 Å². The van der Waals surface area contributed by atoms with E-state index in [2.05, 4.69) is 34.9 Å². The minimum absolute atomic E-state index is 0.116. The van der Waals surface area contributed by atoms with Gasteiger partial charge < -0.3 is 10.6 Å². The van der Waals surface area contributed by atoms with Gasteiger partial charge in [-0.25, -0.2) is 0 Å². The summed E-state index contributed by atoms with van der Waals surface area (Å²) in [6, 6.07) is 31.1. The van der Waals surface area contributed by atoms with Gasteiger partial charge in [0.25, 0.3) is 5.91 Å². The summed E-state index contributed by atoms with van der Waals surface area (Å²) >= 11 is 0. The predicted octanol–water partition coefficient (Wildman–Crippen LogP) is 5.90. The number of carbonyl (C=O) groups excluding carboxylic acids is 2. The molecule has 0 saturated heterocycles. The first-order valence-corrected chi connectivity index (χ1v) is 10.8. The number of hydrogen-bond donors (Lipinski definition) is 2. The topological polar surface area (TPSA) is 58.2 Å².